The number of aryl methyl sites for hydroxylation is 3. The van der Waals surface area contributed by atoms with Crippen molar-refractivity contribution in [1.82, 2.24) is 0 Å². The maximum atomic E-state index is 12.9. The lowest BCUT2D eigenvalue weighted by atomic mass is 9.95. The molecule has 4 nitrogen and oxygen atoms in total. The molecule has 168 valence electrons. The van der Waals surface area contributed by atoms with Crippen molar-refractivity contribution in [2.24, 2.45) is 4.99 Å². The van der Waals surface area contributed by atoms with Crippen molar-refractivity contribution >= 4 is 33.3 Å². The molecule has 0 atom stereocenters. The molecule has 0 saturated heterocycles. The highest BCUT2D eigenvalue weighted by atomic mass is 32.1. The van der Waals surface area contributed by atoms with Gasteiger partial charge in [-0.25, -0.2) is 9.79 Å². The Balaban J connectivity index is 1.76. The van der Waals surface area contributed by atoms with Gasteiger partial charge in [0.15, 0.2) is 0 Å². The van der Waals surface area contributed by atoms with Gasteiger partial charge in [-0.3, -0.25) is 0 Å². The number of esters is 1. The number of hydrogen-bond donors (Lipinski definition) is 0. The van der Waals surface area contributed by atoms with Crippen LogP contribution in [0, 0.1) is 13.8 Å². The fourth-order valence-electron chi connectivity index (χ4n) is 4.39. The molecule has 1 aliphatic rings. The fourth-order valence-corrected chi connectivity index (χ4v) is 5.65. The zero-order valence-corrected chi connectivity index (χ0v) is 20.1. The van der Waals surface area contributed by atoms with Crippen LogP contribution < -0.4 is 5.36 Å². The third-order valence-corrected chi connectivity index (χ3v) is 7.27. The molecule has 2 heterocycles. The minimum Gasteiger partial charge on any atom is -0.462 e. The zero-order valence-electron chi connectivity index (χ0n) is 19.2. The van der Waals surface area contributed by atoms with Crippen molar-refractivity contribution in [3.8, 4) is 11.3 Å². The molecular weight excluding hydrogens is 430 g/mol. The van der Waals surface area contributed by atoms with Crippen LogP contribution in [0.4, 0.5) is 5.00 Å². The molecule has 2 aromatic carbocycles. The van der Waals surface area contributed by atoms with E-state index in [-0.39, 0.29) is 5.97 Å². The van der Waals surface area contributed by atoms with E-state index in [0.717, 1.165) is 69.5 Å². The van der Waals surface area contributed by atoms with Crippen molar-refractivity contribution in [2.75, 3.05) is 6.61 Å². The number of fused-ring (bicyclic) bond motifs is 2. The summed E-state index contributed by atoms with van der Waals surface area (Å²) in [5, 5.41) is 2.48. The van der Waals surface area contributed by atoms with Crippen LogP contribution in [0.3, 0.4) is 0 Å². The minimum atomic E-state index is -0.268. The topological polar surface area (TPSA) is 51.8 Å². The van der Waals surface area contributed by atoms with Gasteiger partial charge in [-0.2, -0.15) is 0 Å². The van der Waals surface area contributed by atoms with Gasteiger partial charge in [0, 0.05) is 21.9 Å². The maximum Gasteiger partial charge on any atom is 0.341 e. The molecule has 0 saturated carbocycles. The molecule has 0 N–H and O–H groups in total. The first-order valence-corrected chi connectivity index (χ1v) is 12.3. The second-order valence-corrected chi connectivity index (χ2v) is 9.67. The molecule has 0 fully saturated rings. The molecule has 5 rings (SSSR count). The molecule has 2 aromatic heterocycles. The van der Waals surface area contributed by atoms with E-state index in [9.17, 15) is 4.79 Å². The van der Waals surface area contributed by atoms with Gasteiger partial charge in [-0.15, -0.1) is 11.3 Å². The van der Waals surface area contributed by atoms with E-state index in [1.54, 1.807) is 11.3 Å². The van der Waals surface area contributed by atoms with E-state index >= 15 is 0 Å². The summed E-state index contributed by atoms with van der Waals surface area (Å²) in [6.07, 6.45) is 4.16. The minimum absolute atomic E-state index is 0.268. The van der Waals surface area contributed by atoms with E-state index in [1.165, 1.54) is 10.4 Å². The van der Waals surface area contributed by atoms with Gasteiger partial charge < -0.3 is 9.15 Å². The van der Waals surface area contributed by atoms with Gasteiger partial charge in [0.25, 0.3) is 0 Å². The quantitative estimate of drug-likeness (QED) is 0.308. The normalized spacial score (nSPS) is 13.8. The monoisotopic (exact) mass is 457 g/mol. The lowest BCUT2D eigenvalue weighted by molar-refractivity contribution is 0.0526. The molecule has 0 unspecified atom stereocenters. The Labute approximate surface area is 197 Å². The number of rotatable bonds is 4. The van der Waals surface area contributed by atoms with E-state index in [4.69, 9.17) is 14.1 Å². The van der Waals surface area contributed by atoms with Crippen LogP contribution in [-0.2, 0) is 17.6 Å². The van der Waals surface area contributed by atoms with E-state index in [1.807, 2.05) is 25.1 Å². The first kappa shape index (κ1) is 21.7. The Bertz CT molecular complexity index is 1410. The largest absolute Gasteiger partial charge is 0.462 e. The second kappa shape index (κ2) is 8.99. The van der Waals surface area contributed by atoms with Gasteiger partial charge in [0.05, 0.1) is 17.5 Å². The SMILES string of the molecule is CCOC(=O)c1c(/N=c2\cc(-c3ccc(C)cc3)oc3ccc(C)cc23)sc2c1CCCC2. The number of hydrogen-bond acceptors (Lipinski definition) is 5. The van der Waals surface area contributed by atoms with Crippen molar-refractivity contribution in [1.29, 1.82) is 0 Å². The van der Waals surface area contributed by atoms with Crippen LogP contribution in [0.15, 0.2) is 57.9 Å². The van der Waals surface area contributed by atoms with Gasteiger partial charge in [-0.1, -0.05) is 41.5 Å². The van der Waals surface area contributed by atoms with Crippen molar-refractivity contribution in [3.05, 3.63) is 81.0 Å². The molecule has 5 heteroatoms. The van der Waals surface area contributed by atoms with Gasteiger partial charge in [0.2, 0.25) is 0 Å². The number of carbonyl (C=O) groups excluding carboxylic acids is 1. The number of ether oxygens (including phenoxy) is 1. The summed E-state index contributed by atoms with van der Waals surface area (Å²) in [6, 6.07) is 16.4. The summed E-state index contributed by atoms with van der Waals surface area (Å²) in [5.41, 5.74) is 5.88. The Kier molecular flexibility index (Phi) is 5.90. The highest BCUT2D eigenvalue weighted by Crippen LogP contribution is 2.40. The lowest BCUT2D eigenvalue weighted by Gasteiger charge is -2.11. The second-order valence-electron chi connectivity index (χ2n) is 8.58. The van der Waals surface area contributed by atoms with Crippen LogP contribution in [0.5, 0.6) is 0 Å². The van der Waals surface area contributed by atoms with Crippen LogP contribution in [0.2, 0.25) is 0 Å². The third-order valence-electron chi connectivity index (χ3n) is 6.09. The van der Waals surface area contributed by atoms with E-state index < -0.39 is 0 Å². The summed E-state index contributed by atoms with van der Waals surface area (Å²) in [6.45, 7) is 6.33. The highest BCUT2D eigenvalue weighted by molar-refractivity contribution is 7.16. The summed E-state index contributed by atoms with van der Waals surface area (Å²) < 4.78 is 11.7. The van der Waals surface area contributed by atoms with Crippen molar-refractivity contribution in [3.63, 3.8) is 0 Å². The van der Waals surface area contributed by atoms with Crippen LogP contribution in [0.1, 0.15) is 51.7 Å². The summed E-state index contributed by atoms with van der Waals surface area (Å²) >= 11 is 1.63. The van der Waals surface area contributed by atoms with Gasteiger partial charge in [0.1, 0.15) is 16.3 Å². The van der Waals surface area contributed by atoms with Gasteiger partial charge in [-0.05, 0) is 64.2 Å². The molecule has 4 aromatic rings. The highest BCUT2D eigenvalue weighted by Gasteiger charge is 2.26. The Morgan fingerprint density at radius 2 is 1.79 bits per heavy atom. The van der Waals surface area contributed by atoms with E-state index in [2.05, 4.69) is 44.2 Å². The van der Waals surface area contributed by atoms with E-state index in [0.29, 0.717) is 12.2 Å². The predicted octanol–water partition coefficient (Wildman–Crippen LogP) is 7.07. The number of benzene rings is 2. The van der Waals surface area contributed by atoms with Crippen LogP contribution in [0.25, 0.3) is 22.3 Å². The number of thiophene rings is 1. The summed E-state index contributed by atoms with van der Waals surface area (Å²) in [4.78, 5) is 19.3. The van der Waals surface area contributed by atoms with Crippen LogP contribution in [-0.4, -0.2) is 12.6 Å². The smallest absolute Gasteiger partial charge is 0.341 e. The molecule has 1 aliphatic carbocycles. The molecule has 33 heavy (non-hydrogen) atoms. The molecular formula is C28H27NO3S. The molecule has 0 spiro atoms. The summed E-state index contributed by atoms with van der Waals surface area (Å²) in [7, 11) is 0. The Morgan fingerprint density at radius 1 is 1.03 bits per heavy atom. The fraction of sp³-hybridized carbons (Fsp3) is 0.286. The first-order valence-electron chi connectivity index (χ1n) is 11.5. The maximum absolute atomic E-state index is 12.9. The first-order chi connectivity index (χ1) is 16.0. The van der Waals surface area contributed by atoms with Crippen molar-refractivity contribution in [2.45, 2.75) is 46.5 Å². The van der Waals surface area contributed by atoms with Gasteiger partial charge >= 0.3 is 5.97 Å². The average Bonchev–Trinajstić information content (AvgIpc) is 3.18. The summed E-state index contributed by atoms with van der Waals surface area (Å²) in [5.74, 6) is 0.486. The van der Waals surface area contributed by atoms with Crippen molar-refractivity contribution < 1.29 is 13.9 Å². The zero-order chi connectivity index (χ0) is 22.9. The predicted molar refractivity (Wildman–Crippen MR) is 133 cm³/mol. The number of carbonyl (C=O) groups is 1. The molecule has 0 aliphatic heterocycles. The average molecular weight is 458 g/mol. The Hall–Kier alpha value is -3.18. The molecule has 0 amide bonds. The Morgan fingerprint density at radius 3 is 2.58 bits per heavy atom. The van der Waals surface area contributed by atoms with Crippen LogP contribution >= 0.6 is 11.3 Å². The third kappa shape index (κ3) is 4.25. The lowest BCUT2D eigenvalue weighted by Crippen LogP contribution is -2.10. The molecule has 0 radical (unpaired) electrons. The standard InChI is InChI=1S/C28H27NO3S/c1-4-31-28(30)26-20-7-5-6-8-25(20)33-27(26)29-22-16-24(19-12-9-17(2)10-13-19)32-23-14-11-18(3)15-21(22)23/h9-16H,4-8H2,1-3H3/b29-22+. The number of nitrogens with zero attached hydrogens (tertiary/aromatic N) is 1. The molecule has 0 bridgehead atoms.